The molecule has 0 aliphatic carbocycles. The van der Waals surface area contributed by atoms with E-state index in [1.54, 1.807) is 36.2 Å². The summed E-state index contributed by atoms with van der Waals surface area (Å²) in [7, 11) is 1.78. The molecule has 5 heteroatoms. The van der Waals surface area contributed by atoms with Crippen LogP contribution in [0.25, 0.3) is 11.1 Å². The van der Waals surface area contributed by atoms with Gasteiger partial charge in [0.15, 0.2) is 0 Å². The molecule has 0 bridgehead atoms. The van der Waals surface area contributed by atoms with Gasteiger partial charge < -0.3 is 10.2 Å². The van der Waals surface area contributed by atoms with Crippen LogP contribution in [0.1, 0.15) is 12.0 Å². The van der Waals surface area contributed by atoms with Crippen LogP contribution < -0.4 is 0 Å². The molecule has 0 heterocycles. The average Bonchev–Trinajstić information content (AvgIpc) is 2.71. The molecule has 29 heavy (non-hydrogen) atoms. The van der Waals surface area contributed by atoms with E-state index in [0.29, 0.717) is 5.75 Å². The van der Waals surface area contributed by atoms with E-state index in [9.17, 15) is 9.18 Å². The fourth-order valence-corrected chi connectivity index (χ4v) is 2.80. The van der Waals surface area contributed by atoms with Crippen molar-refractivity contribution in [1.29, 1.82) is 0 Å². The zero-order valence-corrected chi connectivity index (χ0v) is 16.5. The van der Waals surface area contributed by atoms with Gasteiger partial charge in [0.25, 0.3) is 0 Å². The van der Waals surface area contributed by atoms with E-state index in [1.807, 2.05) is 42.5 Å². The number of carbonyl (C=O) groups is 1. The number of benzene rings is 3. The molecule has 0 saturated carbocycles. The van der Waals surface area contributed by atoms with E-state index in [2.05, 4.69) is 0 Å². The van der Waals surface area contributed by atoms with Crippen molar-refractivity contribution < 1.29 is 19.4 Å². The standard InChI is InChI=1S/C12H16FNO2.C12H10O/c1-14(9-12(15)16)8-2-3-10-4-6-11(13)7-5-10;13-12-8-6-11(7-9-12)10-4-2-1-3-5-10/h4-7H,2-3,8-9H2,1H3,(H,15,16);1-9,13H. The van der Waals surface area contributed by atoms with Crippen LogP contribution in [-0.4, -0.2) is 41.2 Å². The van der Waals surface area contributed by atoms with Crippen molar-refractivity contribution in [3.8, 4) is 16.9 Å². The zero-order valence-electron chi connectivity index (χ0n) is 16.5. The van der Waals surface area contributed by atoms with Crippen molar-refractivity contribution in [3.63, 3.8) is 0 Å². The third-order valence-electron chi connectivity index (χ3n) is 4.30. The first-order valence-corrected chi connectivity index (χ1v) is 9.43. The number of halogens is 1. The number of carboxylic acids is 1. The molecular formula is C24H26FNO3. The molecule has 0 spiro atoms. The minimum atomic E-state index is -0.815. The summed E-state index contributed by atoms with van der Waals surface area (Å²) in [5.74, 6) is -0.740. The Morgan fingerprint density at radius 3 is 2.07 bits per heavy atom. The lowest BCUT2D eigenvalue weighted by Crippen LogP contribution is -2.26. The number of aromatic hydroxyl groups is 1. The second kappa shape index (κ2) is 11.6. The summed E-state index contributed by atoms with van der Waals surface area (Å²) in [6.45, 7) is 0.785. The van der Waals surface area contributed by atoms with Crippen molar-refractivity contribution in [2.24, 2.45) is 0 Å². The SMILES string of the molecule is CN(CCCc1ccc(F)cc1)CC(=O)O.Oc1ccc(-c2ccccc2)cc1. The van der Waals surface area contributed by atoms with Crippen LogP contribution >= 0.6 is 0 Å². The predicted molar refractivity (Wildman–Crippen MR) is 113 cm³/mol. The molecule has 0 fully saturated rings. The van der Waals surface area contributed by atoms with E-state index in [4.69, 9.17) is 10.2 Å². The van der Waals surface area contributed by atoms with Crippen molar-refractivity contribution in [1.82, 2.24) is 4.90 Å². The third-order valence-corrected chi connectivity index (χ3v) is 4.30. The maximum atomic E-state index is 12.6. The Kier molecular flexibility index (Phi) is 8.86. The first-order chi connectivity index (χ1) is 13.9. The fourth-order valence-electron chi connectivity index (χ4n) is 2.80. The second-order valence-electron chi connectivity index (χ2n) is 6.77. The van der Waals surface area contributed by atoms with Crippen LogP contribution in [0.2, 0.25) is 0 Å². The summed E-state index contributed by atoms with van der Waals surface area (Å²) in [6.07, 6.45) is 1.71. The molecule has 0 radical (unpaired) electrons. The largest absolute Gasteiger partial charge is 0.508 e. The molecule has 0 unspecified atom stereocenters. The van der Waals surface area contributed by atoms with Crippen LogP contribution in [0.5, 0.6) is 5.75 Å². The summed E-state index contributed by atoms with van der Waals surface area (Å²) in [5, 5.41) is 17.7. The van der Waals surface area contributed by atoms with E-state index in [0.717, 1.165) is 30.5 Å². The summed E-state index contributed by atoms with van der Waals surface area (Å²) in [5.41, 5.74) is 3.37. The molecule has 3 rings (SSSR count). The number of nitrogens with zero attached hydrogens (tertiary/aromatic N) is 1. The quantitative estimate of drug-likeness (QED) is 0.601. The Balaban J connectivity index is 0.000000211. The summed E-state index contributed by atoms with van der Waals surface area (Å²) < 4.78 is 12.6. The minimum absolute atomic E-state index is 0.0589. The van der Waals surface area contributed by atoms with Gasteiger partial charge in [-0.25, -0.2) is 4.39 Å². The normalized spacial score (nSPS) is 10.3. The Morgan fingerprint density at radius 1 is 0.897 bits per heavy atom. The van der Waals surface area contributed by atoms with E-state index in [1.165, 1.54) is 17.7 Å². The summed E-state index contributed by atoms with van der Waals surface area (Å²) in [4.78, 5) is 12.2. The van der Waals surface area contributed by atoms with E-state index in [-0.39, 0.29) is 12.4 Å². The number of likely N-dealkylation sites (N-methyl/N-ethyl adjacent to an activating group) is 1. The molecule has 0 amide bonds. The Morgan fingerprint density at radius 2 is 1.48 bits per heavy atom. The third kappa shape index (κ3) is 8.58. The van der Waals surface area contributed by atoms with Crippen LogP contribution in [0, 0.1) is 5.82 Å². The number of aliphatic carboxylic acids is 1. The van der Waals surface area contributed by atoms with Crippen LogP contribution in [0.3, 0.4) is 0 Å². The van der Waals surface area contributed by atoms with Gasteiger partial charge >= 0.3 is 5.97 Å². The number of hydrogen-bond acceptors (Lipinski definition) is 3. The summed E-state index contributed by atoms with van der Waals surface area (Å²) in [6, 6.07) is 23.7. The number of phenolic OH excluding ortho intramolecular Hbond substituents is 1. The maximum Gasteiger partial charge on any atom is 0.317 e. The van der Waals surface area contributed by atoms with E-state index < -0.39 is 5.97 Å². The topological polar surface area (TPSA) is 60.8 Å². The predicted octanol–water partition coefficient (Wildman–Crippen LogP) is 4.83. The second-order valence-corrected chi connectivity index (χ2v) is 6.77. The highest BCUT2D eigenvalue weighted by Gasteiger charge is 2.03. The van der Waals surface area contributed by atoms with Gasteiger partial charge in [-0.05, 0) is 67.4 Å². The zero-order chi connectivity index (χ0) is 21.1. The van der Waals surface area contributed by atoms with Crippen molar-refractivity contribution in [3.05, 3.63) is 90.2 Å². The first kappa shape index (κ1) is 22.1. The van der Waals surface area contributed by atoms with Gasteiger partial charge in [-0.1, -0.05) is 54.6 Å². The molecular weight excluding hydrogens is 369 g/mol. The number of rotatable bonds is 7. The highest BCUT2D eigenvalue weighted by atomic mass is 19.1. The van der Waals surface area contributed by atoms with Gasteiger partial charge in [0.2, 0.25) is 0 Å². The average molecular weight is 395 g/mol. The van der Waals surface area contributed by atoms with Gasteiger partial charge in [-0.3, -0.25) is 9.69 Å². The van der Waals surface area contributed by atoms with Gasteiger partial charge in [0.05, 0.1) is 6.54 Å². The highest BCUT2D eigenvalue weighted by molar-refractivity contribution is 5.69. The lowest BCUT2D eigenvalue weighted by molar-refractivity contribution is -0.137. The van der Waals surface area contributed by atoms with Gasteiger partial charge in [-0.15, -0.1) is 0 Å². The van der Waals surface area contributed by atoms with Crippen LogP contribution in [0.15, 0.2) is 78.9 Å². The lowest BCUT2D eigenvalue weighted by Gasteiger charge is -2.13. The highest BCUT2D eigenvalue weighted by Crippen LogP contribution is 2.20. The van der Waals surface area contributed by atoms with E-state index >= 15 is 0 Å². The number of carboxylic acid groups (broad SMARTS) is 1. The monoisotopic (exact) mass is 395 g/mol. The lowest BCUT2D eigenvalue weighted by atomic mass is 10.1. The maximum absolute atomic E-state index is 12.6. The molecule has 0 aromatic heterocycles. The molecule has 2 N–H and O–H groups in total. The van der Waals surface area contributed by atoms with Crippen molar-refractivity contribution in [2.45, 2.75) is 12.8 Å². The summed E-state index contributed by atoms with van der Waals surface area (Å²) >= 11 is 0. The number of phenols is 1. The Bertz CT molecular complexity index is 865. The Labute approximate surface area is 170 Å². The molecule has 3 aromatic rings. The molecule has 0 saturated heterocycles. The molecule has 0 aliphatic heterocycles. The molecule has 4 nitrogen and oxygen atoms in total. The molecule has 152 valence electrons. The minimum Gasteiger partial charge on any atom is -0.508 e. The van der Waals surface area contributed by atoms with Crippen molar-refractivity contribution >= 4 is 5.97 Å². The first-order valence-electron chi connectivity index (χ1n) is 9.43. The van der Waals surface area contributed by atoms with Crippen LogP contribution in [0.4, 0.5) is 4.39 Å². The molecule has 0 atom stereocenters. The molecule has 0 aliphatic rings. The smallest absolute Gasteiger partial charge is 0.317 e. The number of aryl methyl sites for hydroxylation is 1. The number of hydrogen-bond donors (Lipinski definition) is 2. The van der Waals surface area contributed by atoms with Gasteiger partial charge in [-0.2, -0.15) is 0 Å². The van der Waals surface area contributed by atoms with Gasteiger partial charge in [0, 0.05) is 0 Å². The fraction of sp³-hybridized carbons (Fsp3) is 0.208. The van der Waals surface area contributed by atoms with Crippen LogP contribution in [-0.2, 0) is 11.2 Å². The van der Waals surface area contributed by atoms with Gasteiger partial charge in [0.1, 0.15) is 11.6 Å². The van der Waals surface area contributed by atoms with Crippen molar-refractivity contribution in [2.75, 3.05) is 20.1 Å². The molecule has 3 aromatic carbocycles. The Hall–Kier alpha value is -3.18.